The lowest BCUT2D eigenvalue weighted by Crippen LogP contribution is -2.51. The van der Waals surface area contributed by atoms with Gasteiger partial charge in [-0.2, -0.15) is 9.97 Å². The maximum atomic E-state index is 16.4. The Kier molecular flexibility index (Phi) is 6.15. The molecule has 0 spiro atoms. The Labute approximate surface area is 230 Å². The maximum absolute atomic E-state index is 16.4. The first-order chi connectivity index (χ1) is 19.5. The van der Waals surface area contributed by atoms with E-state index in [0.29, 0.717) is 41.9 Å². The first-order valence-corrected chi connectivity index (χ1v) is 13.7. The fraction of sp³-hybridized carbons (Fsp3) is 0.290. The molecule has 0 radical (unpaired) electrons. The van der Waals surface area contributed by atoms with Gasteiger partial charge >= 0.3 is 6.01 Å². The van der Waals surface area contributed by atoms with Crippen molar-refractivity contribution in [2.75, 3.05) is 24.6 Å². The molecule has 7 rings (SSSR count). The van der Waals surface area contributed by atoms with E-state index in [0.717, 1.165) is 48.1 Å². The summed E-state index contributed by atoms with van der Waals surface area (Å²) in [6.07, 6.45) is 4.44. The van der Waals surface area contributed by atoms with Crippen LogP contribution in [0.5, 0.6) is 11.8 Å². The molecule has 202 valence electrons. The second-order valence-electron chi connectivity index (χ2n) is 10.6. The molecule has 0 aliphatic carbocycles. The van der Waals surface area contributed by atoms with Crippen molar-refractivity contribution in [3.63, 3.8) is 0 Å². The van der Waals surface area contributed by atoms with Crippen molar-refractivity contribution < 1.29 is 14.2 Å². The van der Waals surface area contributed by atoms with E-state index in [9.17, 15) is 5.11 Å². The zero-order valence-corrected chi connectivity index (χ0v) is 22.1. The highest BCUT2D eigenvalue weighted by Crippen LogP contribution is 2.37. The number of aromatic nitrogens is 4. The number of fused-ring (bicyclic) bond motifs is 4. The Balaban J connectivity index is 1.32. The third-order valence-corrected chi connectivity index (χ3v) is 7.80. The number of phenols is 1. The molecule has 2 aliphatic rings. The first kappa shape index (κ1) is 24.7. The van der Waals surface area contributed by atoms with Crippen LogP contribution < -0.4 is 15.0 Å². The van der Waals surface area contributed by atoms with Crippen molar-refractivity contribution in [3.05, 3.63) is 78.0 Å². The van der Waals surface area contributed by atoms with Gasteiger partial charge in [0.25, 0.3) is 0 Å². The van der Waals surface area contributed by atoms with Gasteiger partial charge in [-0.1, -0.05) is 30.3 Å². The van der Waals surface area contributed by atoms with Crippen LogP contribution in [0.1, 0.15) is 24.2 Å². The molecule has 2 atom stereocenters. The van der Waals surface area contributed by atoms with Gasteiger partial charge in [0.2, 0.25) is 0 Å². The van der Waals surface area contributed by atoms with E-state index in [4.69, 9.17) is 9.72 Å². The zero-order chi connectivity index (χ0) is 27.2. The highest BCUT2D eigenvalue weighted by atomic mass is 19.1. The SMILES string of the molecule is Cc1cccc(CCOc2nc(N3CC4CCC(C3)N4)c3cnc(-c4cc(O)cc5ccccc45)c(F)c3n2)n1. The predicted octanol–water partition coefficient (Wildman–Crippen LogP) is 4.96. The molecule has 5 aromatic rings. The molecule has 2 saturated heterocycles. The summed E-state index contributed by atoms with van der Waals surface area (Å²) in [4.78, 5) is 20.6. The van der Waals surface area contributed by atoms with Crippen LogP contribution in [0, 0.1) is 12.7 Å². The average Bonchev–Trinajstić information content (AvgIpc) is 3.30. The summed E-state index contributed by atoms with van der Waals surface area (Å²) in [5, 5.41) is 16.2. The highest BCUT2D eigenvalue weighted by molar-refractivity contribution is 5.99. The van der Waals surface area contributed by atoms with Gasteiger partial charge in [0.05, 0.1) is 12.0 Å². The number of nitrogens with zero attached hydrogens (tertiary/aromatic N) is 5. The molecule has 2 aromatic carbocycles. The third kappa shape index (κ3) is 4.56. The molecule has 2 aliphatic heterocycles. The van der Waals surface area contributed by atoms with Crippen LogP contribution in [0.25, 0.3) is 32.9 Å². The number of hydrogen-bond donors (Lipinski definition) is 2. The Morgan fingerprint density at radius 1 is 1.00 bits per heavy atom. The lowest BCUT2D eigenvalue weighted by molar-refractivity contribution is 0.296. The molecule has 2 fully saturated rings. The largest absolute Gasteiger partial charge is 0.508 e. The number of ether oxygens (including phenoxy) is 1. The molecule has 3 aromatic heterocycles. The van der Waals surface area contributed by atoms with Gasteiger partial charge in [-0.25, -0.2) is 4.39 Å². The summed E-state index contributed by atoms with van der Waals surface area (Å²) in [6, 6.07) is 17.5. The molecule has 5 heterocycles. The quantitative estimate of drug-likeness (QED) is 0.315. The molecule has 2 bridgehead atoms. The number of hydrogen-bond acceptors (Lipinski definition) is 8. The van der Waals surface area contributed by atoms with Crippen LogP contribution in [0.15, 0.2) is 60.8 Å². The van der Waals surface area contributed by atoms with E-state index in [1.165, 1.54) is 0 Å². The minimum atomic E-state index is -0.569. The van der Waals surface area contributed by atoms with Crippen LogP contribution in [0.4, 0.5) is 10.2 Å². The number of phenolic OH excluding ortho intramolecular Hbond substituents is 1. The topological polar surface area (TPSA) is 96.3 Å². The lowest BCUT2D eigenvalue weighted by atomic mass is 10.0. The van der Waals surface area contributed by atoms with Gasteiger partial charge in [-0.3, -0.25) is 9.97 Å². The number of pyridine rings is 2. The Hall–Kier alpha value is -4.37. The second kappa shape index (κ2) is 9.98. The Morgan fingerprint density at radius 3 is 2.65 bits per heavy atom. The van der Waals surface area contributed by atoms with Crippen LogP contribution in [-0.4, -0.2) is 56.8 Å². The molecule has 2 N–H and O–H groups in total. The van der Waals surface area contributed by atoms with E-state index >= 15 is 4.39 Å². The third-order valence-electron chi connectivity index (χ3n) is 7.80. The normalized spacial score (nSPS) is 18.5. The van der Waals surface area contributed by atoms with Gasteiger partial charge in [0.15, 0.2) is 5.82 Å². The Bertz CT molecular complexity index is 1730. The lowest BCUT2D eigenvalue weighted by Gasteiger charge is -2.34. The summed E-state index contributed by atoms with van der Waals surface area (Å²) in [5.41, 5.74) is 2.63. The van der Waals surface area contributed by atoms with Crippen molar-refractivity contribution in [1.82, 2.24) is 25.3 Å². The molecule has 8 nitrogen and oxygen atoms in total. The molecule has 0 amide bonds. The average molecular weight is 537 g/mol. The summed E-state index contributed by atoms with van der Waals surface area (Å²) in [6.45, 7) is 3.81. The van der Waals surface area contributed by atoms with Crippen molar-refractivity contribution in [2.24, 2.45) is 0 Å². The number of nitrogens with one attached hydrogen (secondary N) is 1. The van der Waals surface area contributed by atoms with Crippen molar-refractivity contribution in [2.45, 2.75) is 38.3 Å². The molecular formula is C31H29FN6O2. The number of anilines is 1. The molecule has 40 heavy (non-hydrogen) atoms. The van der Waals surface area contributed by atoms with Gasteiger partial charge in [-0.15, -0.1) is 0 Å². The van der Waals surface area contributed by atoms with E-state index in [2.05, 4.69) is 25.2 Å². The van der Waals surface area contributed by atoms with Gasteiger partial charge < -0.3 is 20.1 Å². The summed E-state index contributed by atoms with van der Waals surface area (Å²) < 4.78 is 22.4. The van der Waals surface area contributed by atoms with E-state index < -0.39 is 5.82 Å². The smallest absolute Gasteiger partial charge is 0.319 e. The molecular weight excluding hydrogens is 507 g/mol. The van der Waals surface area contributed by atoms with Crippen LogP contribution in [0.3, 0.4) is 0 Å². The molecule has 0 saturated carbocycles. The standard InChI is InChI=1S/C31H29FN6O2/c1-18-5-4-7-20(34-18)11-12-40-31-36-29-26(30(37-31)38-16-21-9-10-22(17-38)35-21)15-33-28(27(29)32)25-14-23(39)13-19-6-2-3-8-24(19)25/h2-8,13-15,21-22,35,39H,9-12,16-17H2,1H3. The second-order valence-corrected chi connectivity index (χ2v) is 10.6. The van der Waals surface area contributed by atoms with Crippen molar-refractivity contribution in [1.29, 1.82) is 0 Å². The number of rotatable bonds is 6. The van der Waals surface area contributed by atoms with Crippen LogP contribution in [-0.2, 0) is 6.42 Å². The number of aryl methyl sites for hydroxylation is 1. The number of aromatic hydroxyl groups is 1. The van der Waals surface area contributed by atoms with Crippen LogP contribution in [0.2, 0.25) is 0 Å². The van der Waals surface area contributed by atoms with Crippen molar-refractivity contribution in [3.8, 4) is 23.0 Å². The van der Waals surface area contributed by atoms with E-state index in [1.54, 1.807) is 18.3 Å². The maximum Gasteiger partial charge on any atom is 0.319 e. The molecule has 9 heteroatoms. The first-order valence-electron chi connectivity index (χ1n) is 13.7. The summed E-state index contributed by atoms with van der Waals surface area (Å²) >= 11 is 0. The monoisotopic (exact) mass is 536 g/mol. The van der Waals surface area contributed by atoms with Gasteiger partial charge in [0.1, 0.15) is 22.8 Å². The Morgan fingerprint density at radius 2 is 1.82 bits per heavy atom. The van der Waals surface area contributed by atoms with Gasteiger partial charge in [0, 0.05) is 54.7 Å². The predicted molar refractivity (Wildman–Crippen MR) is 152 cm³/mol. The summed E-state index contributed by atoms with van der Waals surface area (Å²) in [7, 11) is 0. The number of benzene rings is 2. The van der Waals surface area contributed by atoms with E-state index in [1.807, 2.05) is 49.4 Å². The fourth-order valence-electron chi connectivity index (χ4n) is 5.96. The summed E-state index contributed by atoms with van der Waals surface area (Å²) in [5.74, 6) is 0.106. The minimum absolute atomic E-state index is 0.0449. The fourth-order valence-corrected chi connectivity index (χ4v) is 5.96. The number of halogens is 1. The minimum Gasteiger partial charge on any atom is -0.508 e. The van der Waals surface area contributed by atoms with Crippen LogP contribution >= 0.6 is 0 Å². The van der Waals surface area contributed by atoms with E-state index in [-0.39, 0.29) is 23.0 Å². The zero-order valence-electron chi connectivity index (χ0n) is 22.1. The van der Waals surface area contributed by atoms with Gasteiger partial charge in [-0.05, 0) is 54.8 Å². The van der Waals surface area contributed by atoms with Crippen molar-refractivity contribution >= 4 is 27.5 Å². The number of piperazine rings is 1. The molecule has 2 unspecified atom stereocenters. The highest BCUT2D eigenvalue weighted by Gasteiger charge is 2.34.